The number of aromatic nitrogens is 1. The van der Waals surface area contributed by atoms with Gasteiger partial charge in [-0.25, -0.2) is 0 Å². The first kappa shape index (κ1) is 19.0. The van der Waals surface area contributed by atoms with Gasteiger partial charge in [0.05, 0.1) is 16.8 Å². The molecule has 0 bridgehead atoms. The summed E-state index contributed by atoms with van der Waals surface area (Å²) in [5.74, 6) is -0.0929. The molecule has 4 nitrogen and oxygen atoms in total. The van der Waals surface area contributed by atoms with Crippen molar-refractivity contribution in [3.63, 3.8) is 0 Å². The zero-order valence-electron chi connectivity index (χ0n) is 14.7. The highest BCUT2D eigenvalue weighted by Crippen LogP contribution is 2.22. The number of benzene rings is 2. The maximum atomic E-state index is 12.4. The van der Waals surface area contributed by atoms with E-state index in [2.05, 4.69) is 37.6 Å². The second-order valence-corrected chi connectivity index (χ2v) is 7.76. The first-order chi connectivity index (χ1) is 12.7. The van der Waals surface area contributed by atoms with E-state index in [1.54, 1.807) is 0 Å². The second-order valence-electron chi connectivity index (χ2n) is 5.84. The Hall–Kier alpha value is -1.76. The number of amides is 1. The van der Waals surface area contributed by atoms with E-state index in [0.29, 0.717) is 32.6 Å². The lowest BCUT2D eigenvalue weighted by Gasteiger charge is -2.05. The summed E-state index contributed by atoms with van der Waals surface area (Å²) in [6, 6.07) is 16.1. The van der Waals surface area contributed by atoms with Crippen LogP contribution in [-0.2, 0) is 22.5 Å². The normalized spacial score (nSPS) is 12.0. The maximum absolute atomic E-state index is 12.4. The molecule has 3 aromatic rings. The molecule has 0 fully saturated rings. The zero-order valence-corrected chi connectivity index (χ0v) is 17.1. The minimum Gasteiger partial charge on any atom is -0.380 e. The molecule has 0 aliphatic carbocycles. The number of fused-ring (bicyclic) bond motifs is 1. The summed E-state index contributed by atoms with van der Waals surface area (Å²) in [4.78, 5) is 17.5. The number of nitrogens with zero attached hydrogens (tertiary/aromatic N) is 2. The predicted octanol–water partition coefficient (Wildman–Crippen LogP) is 4.56. The van der Waals surface area contributed by atoms with Gasteiger partial charge >= 0.3 is 0 Å². The molecular weight excluding hydrogens is 412 g/mol. The fourth-order valence-electron chi connectivity index (χ4n) is 2.71. The van der Waals surface area contributed by atoms with E-state index in [1.165, 1.54) is 11.3 Å². The standard InChI is InChI=1S/C20H21BrN2O2S/c1-2-25-13-12-23-17-10-9-16(21)14-18(17)26-20(23)22-19(24)11-8-15-6-4-3-5-7-15/h3-7,9-10,14H,2,8,11-13H2,1H3. The third kappa shape index (κ3) is 4.90. The largest absolute Gasteiger partial charge is 0.380 e. The number of rotatable bonds is 7. The number of hydrogen-bond acceptors (Lipinski definition) is 3. The van der Waals surface area contributed by atoms with Crippen LogP contribution in [0.2, 0.25) is 0 Å². The third-order valence-electron chi connectivity index (χ3n) is 4.00. The molecule has 1 aromatic heterocycles. The fourth-order valence-corrected chi connectivity index (χ4v) is 4.33. The van der Waals surface area contributed by atoms with Crippen molar-refractivity contribution in [3.05, 3.63) is 63.4 Å². The summed E-state index contributed by atoms with van der Waals surface area (Å²) >= 11 is 5.04. The average Bonchev–Trinajstić information content (AvgIpc) is 2.97. The SMILES string of the molecule is CCOCCn1c(=NC(=O)CCc2ccccc2)sc2cc(Br)ccc21. The van der Waals surface area contributed by atoms with E-state index < -0.39 is 0 Å². The van der Waals surface area contributed by atoms with Gasteiger partial charge in [-0.15, -0.1) is 0 Å². The molecule has 1 heterocycles. The van der Waals surface area contributed by atoms with Gasteiger partial charge in [-0.1, -0.05) is 57.6 Å². The van der Waals surface area contributed by atoms with Crippen LogP contribution in [0.5, 0.6) is 0 Å². The van der Waals surface area contributed by atoms with Gasteiger partial charge in [-0.3, -0.25) is 4.79 Å². The molecule has 6 heteroatoms. The molecule has 2 aromatic carbocycles. The molecule has 0 unspecified atom stereocenters. The number of hydrogen-bond donors (Lipinski definition) is 0. The monoisotopic (exact) mass is 432 g/mol. The van der Waals surface area contributed by atoms with Crippen LogP contribution in [-0.4, -0.2) is 23.7 Å². The van der Waals surface area contributed by atoms with Crippen molar-refractivity contribution in [2.24, 2.45) is 4.99 Å². The number of halogens is 1. The van der Waals surface area contributed by atoms with Crippen LogP contribution in [0.4, 0.5) is 0 Å². The minimum absolute atomic E-state index is 0.0929. The Morgan fingerprint density at radius 1 is 1.23 bits per heavy atom. The van der Waals surface area contributed by atoms with E-state index in [1.807, 2.05) is 43.3 Å². The van der Waals surface area contributed by atoms with Crippen LogP contribution < -0.4 is 4.80 Å². The summed E-state index contributed by atoms with van der Waals surface area (Å²) in [5, 5.41) is 0. The molecule has 0 spiro atoms. The number of ether oxygens (including phenoxy) is 1. The van der Waals surface area contributed by atoms with E-state index in [9.17, 15) is 4.79 Å². The number of aryl methyl sites for hydroxylation is 1. The van der Waals surface area contributed by atoms with Gasteiger partial charge in [0.25, 0.3) is 0 Å². The molecule has 0 saturated carbocycles. The van der Waals surface area contributed by atoms with Crippen molar-refractivity contribution in [1.82, 2.24) is 4.57 Å². The Labute approximate surface area is 165 Å². The molecule has 0 saturated heterocycles. The van der Waals surface area contributed by atoms with Gasteiger partial charge in [0, 0.05) is 24.0 Å². The van der Waals surface area contributed by atoms with E-state index >= 15 is 0 Å². The molecule has 3 rings (SSSR count). The molecule has 0 aliphatic rings. The molecule has 1 amide bonds. The van der Waals surface area contributed by atoms with Crippen LogP contribution in [0.25, 0.3) is 10.2 Å². The maximum Gasteiger partial charge on any atom is 0.248 e. The van der Waals surface area contributed by atoms with Crippen molar-refractivity contribution in [3.8, 4) is 0 Å². The Kier molecular flexibility index (Phi) is 6.77. The van der Waals surface area contributed by atoms with Gasteiger partial charge in [-0.2, -0.15) is 4.99 Å². The van der Waals surface area contributed by atoms with Crippen molar-refractivity contribution in [2.75, 3.05) is 13.2 Å². The van der Waals surface area contributed by atoms with Crippen LogP contribution in [0.15, 0.2) is 58.0 Å². The molecule has 0 radical (unpaired) electrons. The van der Waals surface area contributed by atoms with Crippen LogP contribution in [0.3, 0.4) is 0 Å². The summed E-state index contributed by atoms with van der Waals surface area (Å²) in [6.07, 6.45) is 1.12. The van der Waals surface area contributed by atoms with E-state index in [0.717, 1.165) is 25.1 Å². The Balaban J connectivity index is 1.85. The molecular formula is C20H21BrN2O2S. The lowest BCUT2D eigenvalue weighted by Crippen LogP contribution is -2.19. The first-order valence-corrected chi connectivity index (χ1v) is 10.3. The van der Waals surface area contributed by atoms with Crippen molar-refractivity contribution in [1.29, 1.82) is 0 Å². The van der Waals surface area contributed by atoms with Crippen molar-refractivity contribution < 1.29 is 9.53 Å². The smallest absolute Gasteiger partial charge is 0.248 e. The quantitative estimate of drug-likeness (QED) is 0.513. The first-order valence-electron chi connectivity index (χ1n) is 8.65. The highest BCUT2D eigenvalue weighted by molar-refractivity contribution is 9.10. The van der Waals surface area contributed by atoms with Gasteiger partial charge in [0.15, 0.2) is 4.80 Å². The van der Waals surface area contributed by atoms with E-state index in [4.69, 9.17) is 4.74 Å². The highest BCUT2D eigenvalue weighted by Gasteiger charge is 2.09. The number of carbonyl (C=O) groups is 1. The highest BCUT2D eigenvalue weighted by atomic mass is 79.9. The Bertz CT molecular complexity index is 947. The molecule has 136 valence electrons. The molecule has 0 atom stereocenters. The Morgan fingerprint density at radius 2 is 2.04 bits per heavy atom. The van der Waals surface area contributed by atoms with Crippen molar-refractivity contribution in [2.45, 2.75) is 26.3 Å². The lowest BCUT2D eigenvalue weighted by atomic mass is 10.1. The molecule has 0 aliphatic heterocycles. The number of thiazole rings is 1. The topological polar surface area (TPSA) is 43.6 Å². The average molecular weight is 433 g/mol. The zero-order chi connectivity index (χ0) is 18.4. The van der Waals surface area contributed by atoms with Crippen molar-refractivity contribution >= 4 is 43.4 Å². The fraction of sp³-hybridized carbons (Fsp3) is 0.300. The Morgan fingerprint density at radius 3 is 2.81 bits per heavy atom. The second kappa shape index (κ2) is 9.26. The summed E-state index contributed by atoms with van der Waals surface area (Å²) in [6.45, 7) is 3.94. The van der Waals surface area contributed by atoms with Crippen LogP contribution in [0, 0.1) is 0 Å². The molecule has 26 heavy (non-hydrogen) atoms. The van der Waals surface area contributed by atoms with Gasteiger partial charge in [0.1, 0.15) is 0 Å². The van der Waals surface area contributed by atoms with Gasteiger partial charge in [-0.05, 0) is 37.1 Å². The summed E-state index contributed by atoms with van der Waals surface area (Å²) in [7, 11) is 0. The summed E-state index contributed by atoms with van der Waals surface area (Å²) in [5.41, 5.74) is 2.23. The van der Waals surface area contributed by atoms with Crippen LogP contribution in [0.1, 0.15) is 18.9 Å². The van der Waals surface area contributed by atoms with Gasteiger partial charge in [0.2, 0.25) is 5.91 Å². The molecule has 0 N–H and O–H groups in total. The van der Waals surface area contributed by atoms with Crippen LogP contribution >= 0.6 is 27.3 Å². The minimum atomic E-state index is -0.0929. The lowest BCUT2D eigenvalue weighted by molar-refractivity contribution is -0.118. The third-order valence-corrected chi connectivity index (χ3v) is 5.53. The predicted molar refractivity (Wildman–Crippen MR) is 109 cm³/mol. The number of carbonyl (C=O) groups excluding carboxylic acids is 1. The van der Waals surface area contributed by atoms with Gasteiger partial charge < -0.3 is 9.30 Å². The summed E-state index contributed by atoms with van der Waals surface area (Å²) < 4.78 is 9.69. The van der Waals surface area contributed by atoms with E-state index in [-0.39, 0.29) is 5.91 Å².